The number of nitrogens with one attached hydrogen (secondary N) is 1. The number of nitrogens with zero attached hydrogens (tertiary/aromatic N) is 2. The van der Waals surface area contributed by atoms with Gasteiger partial charge in [-0.05, 0) is 30.4 Å². The second kappa shape index (κ2) is 5.01. The molecule has 0 fully saturated rings. The number of halogens is 2. The minimum Gasteiger partial charge on any atom is -0.371 e. The Labute approximate surface area is 120 Å². The van der Waals surface area contributed by atoms with Crippen LogP contribution in [-0.2, 0) is 6.42 Å². The van der Waals surface area contributed by atoms with Crippen LogP contribution < -0.4 is 10.2 Å². The standard InChI is InChI=1S/C14H15F2N3S/c1-8-9-4-6-20-12(9)3-5-19(8)14-11(16)7-10(15)13(17-2)18-14/h4,6-8H,3,5H2,1-2H3,(H,17,18). The highest BCUT2D eigenvalue weighted by Gasteiger charge is 2.28. The van der Waals surface area contributed by atoms with Crippen LogP contribution in [0.4, 0.5) is 20.4 Å². The largest absolute Gasteiger partial charge is 0.371 e. The van der Waals surface area contributed by atoms with E-state index in [0.717, 1.165) is 12.5 Å². The van der Waals surface area contributed by atoms with E-state index < -0.39 is 11.6 Å². The van der Waals surface area contributed by atoms with E-state index >= 15 is 0 Å². The highest BCUT2D eigenvalue weighted by molar-refractivity contribution is 7.10. The first kappa shape index (κ1) is 13.3. The number of anilines is 2. The molecule has 3 nitrogen and oxygen atoms in total. The Balaban J connectivity index is 2.02. The van der Waals surface area contributed by atoms with Gasteiger partial charge in [0.15, 0.2) is 23.3 Å². The molecule has 3 rings (SSSR count). The van der Waals surface area contributed by atoms with Gasteiger partial charge in [-0.1, -0.05) is 0 Å². The Bertz CT molecular complexity index is 641. The second-order valence-electron chi connectivity index (χ2n) is 4.79. The fourth-order valence-corrected chi connectivity index (χ4v) is 3.60. The quantitative estimate of drug-likeness (QED) is 0.917. The molecule has 1 aliphatic rings. The third kappa shape index (κ3) is 2.04. The molecule has 0 aromatic carbocycles. The lowest BCUT2D eigenvalue weighted by Gasteiger charge is -2.34. The molecule has 3 heterocycles. The lowest BCUT2D eigenvalue weighted by Crippen LogP contribution is -2.34. The van der Waals surface area contributed by atoms with E-state index in [1.807, 2.05) is 11.8 Å². The first-order valence-electron chi connectivity index (χ1n) is 6.48. The van der Waals surface area contributed by atoms with Gasteiger partial charge in [0.25, 0.3) is 0 Å². The van der Waals surface area contributed by atoms with E-state index in [2.05, 4.69) is 21.7 Å². The molecular weight excluding hydrogens is 280 g/mol. The number of aromatic nitrogens is 1. The van der Waals surface area contributed by atoms with Crippen molar-refractivity contribution in [2.24, 2.45) is 0 Å². The number of hydrogen-bond acceptors (Lipinski definition) is 4. The number of rotatable bonds is 2. The normalized spacial score (nSPS) is 18.0. The van der Waals surface area contributed by atoms with Crippen LogP contribution in [0.1, 0.15) is 23.4 Å². The summed E-state index contributed by atoms with van der Waals surface area (Å²) in [5, 5.41) is 4.71. The molecule has 2 aromatic heterocycles. The summed E-state index contributed by atoms with van der Waals surface area (Å²) in [7, 11) is 1.57. The molecule has 0 saturated heterocycles. The van der Waals surface area contributed by atoms with Gasteiger partial charge in [-0.15, -0.1) is 11.3 Å². The zero-order chi connectivity index (χ0) is 14.3. The first-order chi connectivity index (χ1) is 9.61. The monoisotopic (exact) mass is 295 g/mol. The Kier molecular flexibility index (Phi) is 3.33. The average Bonchev–Trinajstić information content (AvgIpc) is 2.89. The molecule has 1 atom stereocenters. The minimum absolute atomic E-state index is 0.0437. The van der Waals surface area contributed by atoms with Crippen LogP contribution in [0.3, 0.4) is 0 Å². The molecule has 1 N–H and O–H groups in total. The number of thiophene rings is 1. The molecule has 0 bridgehead atoms. The van der Waals surface area contributed by atoms with Crippen LogP contribution in [0, 0.1) is 11.6 Å². The fourth-order valence-electron chi connectivity index (χ4n) is 2.63. The van der Waals surface area contributed by atoms with Crippen LogP contribution in [0.15, 0.2) is 17.5 Å². The van der Waals surface area contributed by atoms with E-state index in [1.54, 1.807) is 18.4 Å². The van der Waals surface area contributed by atoms with Crippen molar-refractivity contribution in [2.75, 3.05) is 23.8 Å². The van der Waals surface area contributed by atoms with Crippen molar-refractivity contribution in [1.82, 2.24) is 4.98 Å². The highest BCUT2D eigenvalue weighted by atomic mass is 32.1. The molecule has 0 saturated carbocycles. The summed E-state index contributed by atoms with van der Waals surface area (Å²) in [6.07, 6.45) is 0.866. The van der Waals surface area contributed by atoms with Gasteiger partial charge in [0, 0.05) is 24.5 Å². The van der Waals surface area contributed by atoms with E-state index in [9.17, 15) is 8.78 Å². The van der Waals surface area contributed by atoms with Crippen LogP contribution >= 0.6 is 11.3 Å². The van der Waals surface area contributed by atoms with E-state index in [-0.39, 0.29) is 17.7 Å². The van der Waals surface area contributed by atoms with Gasteiger partial charge in [0.05, 0.1) is 6.04 Å². The molecule has 0 spiro atoms. The smallest absolute Gasteiger partial charge is 0.168 e. The topological polar surface area (TPSA) is 28.2 Å². The third-order valence-corrected chi connectivity index (χ3v) is 4.69. The maximum atomic E-state index is 14.1. The fraction of sp³-hybridized carbons (Fsp3) is 0.357. The summed E-state index contributed by atoms with van der Waals surface area (Å²) in [6.45, 7) is 2.71. The Morgan fingerprint density at radius 2 is 2.20 bits per heavy atom. The third-order valence-electron chi connectivity index (χ3n) is 3.70. The van der Waals surface area contributed by atoms with E-state index in [0.29, 0.717) is 6.54 Å². The van der Waals surface area contributed by atoms with Crippen molar-refractivity contribution in [2.45, 2.75) is 19.4 Å². The lowest BCUT2D eigenvalue weighted by molar-refractivity contribution is 0.550. The van der Waals surface area contributed by atoms with E-state index in [4.69, 9.17) is 0 Å². The van der Waals surface area contributed by atoms with Gasteiger partial charge in [-0.3, -0.25) is 0 Å². The van der Waals surface area contributed by atoms with Crippen LogP contribution in [0.5, 0.6) is 0 Å². The average molecular weight is 295 g/mol. The van der Waals surface area contributed by atoms with E-state index in [1.165, 1.54) is 10.4 Å². The van der Waals surface area contributed by atoms with Crippen molar-refractivity contribution in [3.05, 3.63) is 39.6 Å². The minimum atomic E-state index is -0.672. The Morgan fingerprint density at radius 1 is 1.40 bits per heavy atom. The molecular formula is C14H15F2N3S. The predicted molar refractivity (Wildman–Crippen MR) is 77.5 cm³/mol. The molecule has 0 amide bonds. The van der Waals surface area contributed by atoms with Crippen LogP contribution in [-0.4, -0.2) is 18.6 Å². The number of fused-ring (bicyclic) bond motifs is 1. The summed E-state index contributed by atoms with van der Waals surface area (Å²) in [5.41, 5.74) is 1.21. The lowest BCUT2D eigenvalue weighted by atomic mass is 10.0. The summed E-state index contributed by atoms with van der Waals surface area (Å²) >= 11 is 1.73. The second-order valence-corrected chi connectivity index (χ2v) is 5.79. The van der Waals surface area contributed by atoms with Gasteiger partial charge in [0.1, 0.15) is 0 Å². The van der Waals surface area contributed by atoms with Crippen molar-refractivity contribution >= 4 is 23.0 Å². The molecule has 6 heteroatoms. The van der Waals surface area contributed by atoms with Crippen molar-refractivity contribution < 1.29 is 8.78 Å². The highest BCUT2D eigenvalue weighted by Crippen LogP contribution is 2.36. The SMILES string of the molecule is CNc1nc(N2CCc3sccc3C2C)c(F)cc1F. The van der Waals surface area contributed by atoms with Crippen molar-refractivity contribution in [3.63, 3.8) is 0 Å². The summed E-state index contributed by atoms with van der Waals surface area (Å²) in [5.74, 6) is -1.01. The van der Waals surface area contributed by atoms with Crippen molar-refractivity contribution in [3.8, 4) is 0 Å². The molecule has 20 heavy (non-hydrogen) atoms. The van der Waals surface area contributed by atoms with Gasteiger partial charge in [-0.25, -0.2) is 13.8 Å². The van der Waals surface area contributed by atoms with Gasteiger partial charge in [0.2, 0.25) is 0 Å². The molecule has 1 aliphatic heterocycles. The van der Waals surface area contributed by atoms with Gasteiger partial charge >= 0.3 is 0 Å². The Hall–Kier alpha value is -1.69. The summed E-state index contributed by atoms with van der Waals surface area (Å²) < 4.78 is 27.6. The summed E-state index contributed by atoms with van der Waals surface area (Å²) in [4.78, 5) is 7.32. The zero-order valence-corrected chi connectivity index (χ0v) is 12.1. The maximum Gasteiger partial charge on any atom is 0.168 e. The summed E-state index contributed by atoms with van der Waals surface area (Å²) in [6, 6.07) is 3.00. The van der Waals surface area contributed by atoms with Crippen molar-refractivity contribution in [1.29, 1.82) is 0 Å². The Morgan fingerprint density at radius 3 is 2.95 bits per heavy atom. The number of pyridine rings is 1. The molecule has 1 unspecified atom stereocenters. The molecule has 0 radical (unpaired) electrons. The van der Waals surface area contributed by atoms with Crippen LogP contribution in [0.25, 0.3) is 0 Å². The van der Waals surface area contributed by atoms with Gasteiger partial charge in [-0.2, -0.15) is 0 Å². The van der Waals surface area contributed by atoms with Gasteiger partial charge < -0.3 is 10.2 Å². The molecule has 2 aromatic rings. The first-order valence-corrected chi connectivity index (χ1v) is 7.36. The number of hydrogen-bond donors (Lipinski definition) is 1. The van der Waals surface area contributed by atoms with Crippen LogP contribution in [0.2, 0.25) is 0 Å². The molecule has 106 valence electrons. The maximum absolute atomic E-state index is 14.1. The zero-order valence-electron chi connectivity index (χ0n) is 11.3. The predicted octanol–water partition coefficient (Wildman–Crippen LogP) is 3.59. The molecule has 0 aliphatic carbocycles.